The molecule has 203 valence electrons. The molecule has 0 spiro atoms. The van der Waals surface area contributed by atoms with E-state index in [1.54, 1.807) is 24.3 Å². The number of nitrogens with zero attached hydrogens (tertiary/aromatic N) is 2. The number of aromatic hydroxyl groups is 2. The molecule has 0 atom stereocenters. The van der Waals surface area contributed by atoms with Crippen LogP contribution in [0.2, 0.25) is 0 Å². The predicted molar refractivity (Wildman–Crippen MR) is 166 cm³/mol. The fourth-order valence-corrected chi connectivity index (χ4v) is 4.47. The fourth-order valence-electron chi connectivity index (χ4n) is 4.47. The Labute approximate surface area is 255 Å². The maximum absolute atomic E-state index is 9.73. The van der Waals surface area contributed by atoms with Gasteiger partial charge in [-0.2, -0.15) is 0 Å². The van der Waals surface area contributed by atoms with Gasteiger partial charge in [-0.25, -0.2) is 0 Å². The SMILES string of the molecule is Oc1cccc(N(c2ccccc2)c2ccccc2)c1.Oc1cccc(N(c2ccccc2)c2ccccc2)c1.[Re]. The van der Waals surface area contributed by atoms with Gasteiger partial charge in [0, 0.05) is 66.7 Å². The molecule has 6 aromatic rings. The van der Waals surface area contributed by atoms with Crippen LogP contribution in [-0.2, 0) is 20.4 Å². The number of benzene rings is 6. The monoisotopic (exact) mass is 709 g/mol. The van der Waals surface area contributed by atoms with E-state index in [9.17, 15) is 10.2 Å². The van der Waals surface area contributed by atoms with Crippen LogP contribution in [0.1, 0.15) is 0 Å². The molecule has 0 aliphatic rings. The number of para-hydroxylation sites is 4. The van der Waals surface area contributed by atoms with E-state index in [0.29, 0.717) is 0 Å². The molecule has 4 nitrogen and oxygen atoms in total. The van der Waals surface area contributed by atoms with E-state index in [0.717, 1.165) is 34.1 Å². The molecule has 6 rings (SSSR count). The zero-order valence-electron chi connectivity index (χ0n) is 22.3. The molecule has 0 saturated carbocycles. The first kappa shape index (κ1) is 29.2. The van der Waals surface area contributed by atoms with Gasteiger partial charge in [-0.1, -0.05) is 84.9 Å². The van der Waals surface area contributed by atoms with E-state index in [-0.39, 0.29) is 31.9 Å². The van der Waals surface area contributed by atoms with Gasteiger partial charge in [0.05, 0.1) is 0 Å². The van der Waals surface area contributed by atoms with E-state index in [2.05, 4.69) is 58.3 Å². The molecular formula is C36H30N2O2Re. The molecule has 0 aromatic heterocycles. The standard InChI is InChI=1S/2C18H15NO.Re/c2*20-18-13-7-12-17(14-18)19(15-8-3-1-4-9-15)16-10-5-2-6-11-16;/h2*1-14,20H;. The third kappa shape index (κ3) is 7.65. The van der Waals surface area contributed by atoms with Crippen molar-refractivity contribution in [1.82, 2.24) is 0 Å². The molecule has 41 heavy (non-hydrogen) atoms. The van der Waals surface area contributed by atoms with Crippen molar-refractivity contribution in [3.63, 3.8) is 0 Å². The number of hydrogen-bond acceptors (Lipinski definition) is 4. The van der Waals surface area contributed by atoms with Crippen molar-refractivity contribution in [2.75, 3.05) is 9.80 Å². The van der Waals surface area contributed by atoms with Gasteiger partial charge < -0.3 is 20.0 Å². The summed E-state index contributed by atoms with van der Waals surface area (Å²) in [5.74, 6) is 0.527. The van der Waals surface area contributed by atoms with Gasteiger partial charge in [0.25, 0.3) is 0 Å². The van der Waals surface area contributed by atoms with E-state index < -0.39 is 0 Å². The third-order valence-corrected chi connectivity index (χ3v) is 6.23. The van der Waals surface area contributed by atoms with Gasteiger partial charge in [0.1, 0.15) is 11.5 Å². The van der Waals surface area contributed by atoms with Gasteiger partial charge in [-0.15, -0.1) is 0 Å². The molecule has 0 aliphatic carbocycles. The molecule has 1 radical (unpaired) electrons. The Bertz CT molecular complexity index is 1410. The van der Waals surface area contributed by atoms with Crippen LogP contribution in [0.3, 0.4) is 0 Å². The van der Waals surface area contributed by atoms with Crippen LogP contribution in [0, 0.1) is 0 Å². The van der Waals surface area contributed by atoms with Crippen molar-refractivity contribution in [3.8, 4) is 11.5 Å². The Morgan fingerprint density at radius 2 is 0.537 bits per heavy atom. The first-order chi connectivity index (χ1) is 19.7. The summed E-state index contributed by atoms with van der Waals surface area (Å²) in [6.07, 6.45) is 0. The smallest absolute Gasteiger partial charge is 0.117 e. The average molecular weight is 709 g/mol. The topological polar surface area (TPSA) is 46.9 Å². The van der Waals surface area contributed by atoms with Crippen molar-refractivity contribution < 1.29 is 30.6 Å². The first-order valence-corrected chi connectivity index (χ1v) is 13.1. The zero-order valence-corrected chi connectivity index (χ0v) is 25.0. The molecule has 0 saturated heterocycles. The quantitative estimate of drug-likeness (QED) is 0.181. The fraction of sp³-hybridized carbons (Fsp3) is 0. The summed E-state index contributed by atoms with van der Waals surface area (Å²) in [4.78, 5) is 4.22. The summed E-state index contributed by atoms with van der Waals surface area (Å²) in [7, 11) is 0. The minimum Gasteiger partial charge on any atom is -0.508 e. The molecule has 0 bridgehead atoms. The van der Waals surface area contributed by atoms with Gasteiger partial charge >= 0.3 is 0 Å². The van der Waals surface area contributed by atoms with Crippen molar-refractivity contribution in [3.05, 3.63) is 170 Å². The van der Waals surface area contributed by atoms with Crippen LogP contribution in [-0.4, -0.2) is 10.2 Å². The number of anilines is 6. The van der Waals surface area contributed by atoms with E-state index in [1.807, 2.05) is 97.1 Å². The molecule has 2 N–H and O–H groups in total. The van der Waals surface area contributed by atoms with E-state index >= 15 is 0 Å². The van der Waals surface area contributed by atoms with Gasteiger partial charge in [-0.3, -0.25) is 0 Å². The van der Waals surface area contributed by atoms with E-state index in [1.165, 1.54) is 0 Å². The summed E-state index contributed by atoms with van der Waals surface area (Å²) in [5, 5.41) is 19.5. The number of phenols is 2. The number of rotatable bonds is 6. The molecule has 0 heterocycles. The van der Waals surface area contributed by atoms with Crippen molar-refractivity contribution >= 4 is 34.1 Å². The Kier molecular flexibility index (Phi) is 10.3. The predicted octanol–water partition coefficient (Wildman–Crippen LogP) is 9.72. The van der Waals surface area contributed by atoms with Crippen LogP contribution in [0.5, 0.6) is 11.5 Å². The van der Waals surface area contributed by atoms with Crippen molar-refractivity contribution in [2.45, 2.75) is 0 Å². The molecule has 0 aliphatic heterocycles. The van der Waals surface area contributed by atoms with Crippen LogP contribution in [0.25, 0.3) is 0 Å². The maximum Gasteiger partial charge on any atom is 0.117 e. The van der Waals surface area contributed by atoms with Gasteiger partial charge in [-0.05, 0) is 72.8 Å². The molecule has 0 fully saturated rings. The van der Waals surface area contributed by atoms with Crippen molar-refractivity contribution in [1.29, 1.82) is 0 Å². The Hall–Kier alpha value is -4.82. The third-order valence-electron chi connectivity index (χ3n) is 6.23. The molecule has 0 unspecified atom stereocenters. The van der Waals surface area contributed by atoms with Crippen LogP contribution in [0.4, 0.5) is 34.1 Å². The molecular weight excluding hydrogens is 679 g/mol. The minimum atomic E-state index is 0. The van der Waals surface area contributed by atoms with Crippen molar-refractivity contribution in [2.24, 2.45) is 0 Å². The second kappa shape index (κ2) is 14.5. The number of phenolic OH excluding ortho intramolecular Hbond substituents is 2. The molecule has 6 aromatic carbocycles. The Balaban J connectivity index is 0.000000184. The summed E-state index contributed by atoms with van der Waals surface area (Å²) in [6, 6.07) is 55.0. The number of hydrogen-bond donors (Lipinski definition) is 2. The second-order valence-electron chi connectivity index (χ2n) is 9.05. The summed E-state index contributed by atoms with van der Waals surface area (Å²) < 4.78 is 0. The zero-order chi connectivity index (χ0) is 27.6. The average Bonchev–Trinajstić information content (AvgIpc) is 3.00. The summed E-state index contributed by atoms with van der Waals surface area (Å²) in [5.41, 5.74) is 6.10. The second-order valence-corrected chi connectivity index (χ2v) is 9.05. The Morgan fingerprint density at radius 1 is 0.293 bits per heavy atom. The molecule has 0 amide bonds. The first-order valence-electron chi connectivity index (χ1n) is 13.1. The minimum absolute atomic E-state index is 0. The van der Waals surface area contributed by atoms with E-state index in [4.69, 9.17) is 0 Å². The van der Waals surface area contributed by atoms with Crippen LogP contribution >= 0.6 is 0 Å². The summed E-state index contributed by atoms with van der Waals surface area (Å²) >= 11 is 0. The normalized spacial score (nSPS) is 9.95. The molecule has 5 heteroatoms. The van der Waals surface area contributed by atoms with Crippen LogP contribution in [0.15, 0.2) is 170 Å². The largest absolute Gasteiger partial charge is 0.508 e. The van der Waals surface area contributed by atoms with Gasteiger partial charge in [0.15, 0.2) is 0 Å². The Morgan fingerprint density at radius 3 is 0.780 bits per heavy atom. The van der Waals surface area contributed by atoms with Crippen LogP contribution < -0.4 is 9.80 Å². The van der Waals surface area contributed by atoms with Gasteiger partial charge in [0.2, 0.25) is 0 Å². The maximum atomic E-state index is 9.73. The summed E-state index contributed by atoms with van der Waals surface area (Å²) in [6.45, 7) is 0.